The maximum Gasteiger partial charge on any atom is 0.339 e. The molecule has 30 heavy (non-hydrogen) atoms. The molecule has 0 saturated heterocycles. The number of hydrogen-bond acceptors (Lipinski definition) is 7. The number of carboxylic acid groups (broad SMARTS) is 1. The van der Waals surface area contributed by atoms with Gasteiger partial charge in [-0.3, -0.25) is 4.79 Å². The normalized spacial score (nSPS) is 13.8. The fourth-order valence-corrected chi connectivity index (χ4v) is 5.01. The molecule has 2 aromatic heterocycles. The Morgan fingerprint density at radius 1 is 1.30 bits per heavy atom. The quantitative estimate of drug-likeness (QED) is 0.522. The van der Waals surface area contributed by atoms with E-state index in [9.17, 15) is 19.1 Å². The summed E-state index contributed by atoms with van der Waals surface area (Å²) in [7, 11) is 0. The van der Waals surface area contributed by atoms with E-state index in [0.717, 1.165) is 47.0 Å². The van der Waals surface area contributed by atoms with Crippen molar-refractivity contribution < 1.29 is 24.2 Å². The van der Waals surface area contributed by atoms with Crippen LogP contribution in [0.2, 0.25) is 0 Å². The Morgan fingerprint density at radius 3 is 2.73 bits per heavy atom. The number of hydrogen-bond donors (Lipinski definition) is 3. The molecule has 1 amide bonds. The SMILES string of the molecule is Cc1nc(CNC(=O)C2CCC2)sc1-c1csc(-c2cc(O)c(C(=O)O)cc2F)n1. The van der Waals surface area contributed by atoms with Crippen molar-refractivity contribution in [3.05, 3.63) is 39.6 Å². The van der Waals surface area contributed by atoms with Crippen LogP contribution in [0.3, 0.4) is 0 Å². The summed E-state index contributed by atoms with van der Waals surface area (Å²) in [5.41, 5.74) is 0.904. The van der Waals surface area contributed by atoms with Crippen molar-refractivity contribution in [1.82, 2.24) is 15.3 Å². The number of rotatable bonds is 6. The van der Waals surface area contributed by atoms with E-state index in [2.05, 4.69) is 15.3 Å². The van der Waals surface area contributed by atoms with Crippen LogP contribution in [0.25, 0.3) is 21.1 Å². The van der Waals surface area contributed by atoms with E-state index in [0.29, 0.717) is 17.2 Å². The van der Waals surface area contributed by atoms with E-state index in [4.69, 9.17) is 5.11 Å². The highest BCUT2D eigenvalue weighted by atomic mass is 32.1. The van der Waals surface area contributed by atoms with Crippen LogP contribution in [0.5, 0.6) is 5.75 Å². The number of aryl methyl sites for hydroxylation is 1. The first-order chi connectivity index (χ1) is 14.3. The number of aromatic nitrogens is 2. The highest BCUT2D eigenvalue weighted by Gasteiger charge is 2.25. The fraction of sp³-hybridized carbons (Fsp3) is 0.300. The molecule has 2 heterocycles. The van der Waals surface area contributed by atoms with Gasteiger partial charge in [-0.15, -0.1) is 22.7 Å². The third-order valence-corrected chi connectivity index (χ3v) is 7.07. The van der Waals surface area contributed by atoms with E-state index >= 15 is 0 Å². The number of aromatic hydroxyl groups is 1. The number of nitrogens with one attached hydrogen (secondary N) is 1. The minimum atomic E-state index is -1.41. The van der Waals surface area contributed by atoms with Gasteiger partial charge in [0.05, 0.1) is 22.8 Å². The number of phenols is 1. The first kappa shape index (κ1) is 20.4. The van der Waals surface area contributed by atoms with Gasteiger partial charge in [0.15, 0.2) is 0 Å². The molecule has 1 aliphatic rings. The Balaban J connectivity index is 1.54. The zero-order chi connectivity index (χ0) is 21.4. The summed E-state index contributed by atoms with van der Waals surface area (Å²) < 4.78 is 14.4. The standard InChI is InChI=1S/C20H18FN3O4S2/c1-9-17(30-16(23-9)7-22-18(26)10-3-2-4-10)14-8-29-19(24-14)11-6-15(25)12(20(27)28)5-13(11)21/h5-6,8,10,25H,2-4,7H2,1H3,(H,22,26)(H,27,28). The first-order valence-corrected chi connectivity index (χ1v) is 11.0. The topological polar surface area (TPSA) is 112 Å². The van der Waals surface area contributed by atoms with Crippen LogP contribution in [-0.2, 0) is 11.3 Å². The maximum atomic E-state index is 14.4. The molecule has 1 fully saturated rings. The third-order valence-electron chi connectivity index (χ3n) is 5.01. The lowest BCUT2D eigenvalue weighted by Gasteiger charge is -2.23. The summed E-state index contributed by atoms with van der Waals surface area (Å²) in [6.45, 7) is 2.20. The largest absolute Gasteiger partial charge is 0.507 e. The maximum absolute atomic E-state index is 14.4. The second kappa shape index (κ2) is 8.11. The average Bonchev–Trinajstić information content (AvgIpc) is 3.26. The number of nitrogens with zero attached hydrogens (tertiary/aromatic N) is 2. The van der Waals surface area contributed by atoms with Gasteiger partial charge >= 0.3 is 5.97 Å². The summed E-state index contributed by atoms with van der Waals surface area (Å²) in [6, 6.07) is 1.86. The second-order valence-electron chi connectivity index (χ2n) is 7.06. The van der Waals surface area contributed by atoms with Gasteiger partial charge in [0.1, 0.15) is 27.1 Å². The van der Waals surface area contributed by atoms with E-state index < -0.39 is 23.1 Å². The Kier molecular flexibility index (Phi) is 5.52. The van der Waals surface area contributed by atoms with Crippen molar-refractivity contribution in [3.63, 3.8) is 0 Å². The predicted octanol–water partition coefficient (Wildman–Crippen LogP) is 4.20. The van der Waals surface area contributed by atoms with Gasteiger partial charge in [0.2, 0.25) is 5.91 Å². The summed E-state index contributed by atoms with van der Waals surface area (Å²) in [5.74, 6) is -2.52. The number of carboxylic acids is 1. The molecule has 0 spiro atoms. The van der Waals surface area contributed by atoms with E-state index in [1.807, 2.05) is 6.92 Å². The van der Waals surface area contributed by atoms with Crippen LogP contribution in [-0.4, -0.2) is 32.1 Å². The third kappa shape index (κ3) is 3.92. The van der Waals surface area contributed by atoms with Gasteiger partial charge in [0.25, 0.3) is 0 Å². The number of carbonyl (C=O) groups is 2. The van der Waals surface area contributed by atoms with Crippen LogP contribution in [0.4, 0.5) is 4.39 Å². The minimum Gasteiger partial charge on any atom is -0.507 e. The fourth-order valence-electron chi connectivity index (χ4n) is 3.14. The molecule has 0 atom stereocenters. The zero-order valence-electron chi connectivity index (χ0n) is 15.9. The van der Waals surface area contributed by atoms with Crippen molar-refractivity contribution >= 4 is 34.6 Å². The molecule has 1 aliphatic carbocycles. The van der Waals surface area contributed by atoms with Crippen molar-refractivity contribution in [2.75, 3.05) is 0 Å². The van der Waals surface area contributed by atoms with Gasteiger partial charge < -0.3 is 15.5 Å². The van der Waals surface area contributed by atoms with E-state index in [1.165, 1.54) is 22.7 Å². The number of amides is 1. The Morgan fingerprint density at radius 2 is 2.07 bits per heavy atom. The second-order valence-corrected chi connectivity index (χ2v) is 9.00. The monoisotopic (exact) mass is 447 g/mol. The highest BCUT2D eigenvalue weighted by Crippen LogP contribution is 2.36. The molecule has 1 saturated carbocycles. The van der Waals surface area contributed by atoms with Crippen molar-refractivity contribution in [1.29, 1.82) is 0 Å². The molecular weight excluding hydrogens is 429 g/mol. The molecule has 7 nitrogen and oxygen atoms in total. The smallest absolute Gasteiger partial charge is 0.339 e. The Bertz CT molecular complexity index is 1140. The number of benzene rings is 1. The van der Waals surface area contributed by atoms with E-state index in [-0.39, 0.29) is 17.4 Å². The van der Waals surface area contributed by atoms with Crippen molar-refractivity contribution in [2.45, 2.75) is 32.7 Å². The molecule has 0 unspecified atom stereocenters. The molecule has 4 rings (SSSR count). The van der Waals surface area contributed by atoms with Crippen LogP contribution < -0.4 is 5.32 Å². The summed E-state index contributed by atoms with van der Waals surface area (Å²) >= 11 is 2.60. The average molecular weight is 448 g/mol. The van der Waals surface area contributed by atoms with Gasteiger partial charge in [-0.25, -0.2) is 19.2 Å². The van der Waals surface area contributed by atoms with Gasteiger partial charge in [-0.2, -0.15) is 0 Å². The molecule has 0 radical (unpaired) electrons. The van der Waals surface area contributed by atoms with Crippen molar-refractivity contribution in [3.8, 4) is 26.9 Å². The Labute approximate surface area is 179 Å². The lowest BCUT2D eigenvalue weighted by atomic mass is 9.85. The molecule has 156 valence electrons. The lowest BCUT2D eigenvalue weighted by molar-refractivity contribution is -0.127. The highest BCUT2D eigenvalue weighted by molar-refractivity contribution is 7.16. The van der Waals surface area contributed by atoms with E-state index in [1.54, 1.807) is 5.38 Å². The van der Waals surface area contributed by atoms with Crippen LogP contribution in [0.1, 0.15) is 40.3 Å². The summed E-state index contributed by atoms with van der Waals surface area (Å²) in [4.78, 5) is 32.8. The van der Waals surface area contributed by atoms with Crippen molar-refractivity contribution in [2.24, 2.45) is 5.92 Å². The zero-order valence-corrected chi connectivity index (χ0v) is 17.6. The first-order valence-electron chi connectivity index (χ1n) is 9.29. The predicted molar refractivity (Wildman–Crippen MR) is 111 cm³/mol. The molecule has 3 aromatic rings. The molecule has 3 N–H and O–H groups in total. The number of carbonyl (C=O) groups excluding carboxylic acids is 1. The summed E-state index contributed by atoms with van der Waals surface area (Å²) in [6.07, 6.45) is 2.98. The van der Waals surface area contributed by atoms with Crippen LogP contribution in [0, 0.1) is 18.7 Å². The minimum absolute atomic E-state index is 0.0314. The molecule has 1 aromatic carbocycles. The Hall–Kier alpha value is -2.85. The number of halogens is 1. The molecule has 0 aliphatic heterocycles. The van der Waals surface area contributed by atoms with Gasteiger partial charge in [-0.05, 0) is 31.9 Å². The molecule has 10 heteroatoms. The summed E-state index contributed by atoms with van der Waals surface area (Å²) in [5, 5.41) is 24.6. The van der Waals surface area contributed by atoms with Crippen LogP contribution >= 0.6 is 22.7 Å². The van der Waals surface area contributed by atoms with Gasteiger partial charge in [0, 0.05) is 16.9 Å². The van der Waals surface area contributed by atoms with Gasteiger partial charge in [-0.1, -0.05) is 6.42 Å². The van der Waals surface area contributed by atoms with Crippen LogP contribution in [0.15, 0.2) is 17.5 Å². The molecule has 0 bridgehead atoms. The molecular formula is C20H18FN3O4S2. The number of thiazole rings is 2. The number of aromatic carboxylic acids is 1. The lowest BCUT2D eigenvalue weighted by Crippen LogP contribution is -2.33.